The summed E-state index contributed by atoms with van der Waals surface area (Å²) in [6.07, 6.45) is 2.61. The maximum absolute atomic E-state index is 12.2. The van der Waals surface area contributed by atoms with Gasteiger partial charge in [-0.25, -0.2) is 0 Å². The van der Waals surface area contributed by atoms with E-state index in [-0.39, 0.29) is 0 Å². The first kappa shape index (κ1) is 19.3. The van der Waals surface area contributed by atoms with E-state index >= 15 is 0 Å². The van der Waals surface area contributed by atoms with Crippen molar-refractivity contribution in [3.63, 3.8) is 0 Å². The molecule has 0 spiro atoms. The van der Waals surface area contributed by atoms with Gasteiger partial charge >= 0.3 is 0 Å². The summed E-state index contributed by atoms with van der Waals surface area (Å²) in [6, 6.07) is 15.3. The second-order valence-electron chi connectivity index (χ2n) is 7.68. The Morgan fingerprint density at radius 1 is 1.04 bits per heavy atom. The predicted molar refractivity (Wildman–Crippen MR) is 107 cm³/mol. The Kier molecular flexibility index (Phi) is 6.40. The first-order valence-corrected chi connectivity index (χ1v) is 9.70. The molecule has 0 bridgehead atoms. The third-order valence-electron chi connectivity index (χ3n) is 5.14. The highest BCUT2D eigenvalue weighted by atomic mass is 16.2. The van der Waals surface area contributed by atoms with E-state index in [9.17, 15) is 9.59 Å². The number of piperidine rings is 1. The Balaban J connectivity index is 1.50. The molecule has 1 saturated heterocycles. The van der Waals surface area contributed by atoms with Gasteiger partial charge < -0.3 is 5.32 Å². The number of carbonyl (C=O) groups is 2. The van der Waals surface area contributed by atoms with Gasteiger partial charge in [-0.05, 0) is 43.4 Å². The number of hydrogen-bond donors (Lipinski definition) is 1. The molecule has 142 valence electrons. The normalized spacial score (nSPS) is 17.5. The van der Waals surface area contributed by atoms with Crippen molar-refractivity contribution in [2.45, 2.75) is 39.8 Å². The van der Waals surface area contributed by atoms with Crippen molar-refractivity contribution >= 4 is 11.7 Å². The molecule has 1 unspecified atom stereocenters. The molecule has 3 rings (SSSR count). The van der Waals surface area contributed by atoms with Crippen LogP contribution in [-0.2, 0) is 17.9 Å². The molecule has 2 aromatic carbocycles. The number of benzene rings is 2. The summed E-state index contributed by atoms with van der Waals surface area (Å²) in [5, 5.41) is 2.72. The zero-order chi connectivity index (χ0) is 19.2. The highest BCUT2D eigenvalue weighted by molar-refractivity contribution is 6.42. The number of aryl methyl sites for hydroxylation is 1. The van der Waals surface area contributed by atoms with Gasteiger partial charge in [-0.15, -0.1) is 0 Å². The summed E-state index contributed by atoms with van der Waals surface area (Å²) < 4.78 is 0. The minimum Gasteiger partial charge on any atom is -0.345 e. The second-order valence-corrected chi connectivity index (χ2v) is 7.68. The third-order valence-corrected chi connectivity index (χ3v) is 5.14. The Morgan fingerprint density at radius 2 is 1.70 bits per heavy atom. The maximum atomic E-state index is 12.2. The van der Waals surface area contributed by atoms with Gasteiger partial charge in [-0.2, -0.15) is 0 Å². The summed E-state index contributed by atoms with van der Waals surface area (Å²) in [6.45, 7) is 7.93. The molecule has 1 atom stereocenters. The molecule has 1 heterocycles. The van der Waals surface area contributed by atoms with Crippen molar-refractivity contribution in [3.05, 3.63) is 70.8 Å². The largest absolute Gasteiger partial charge is 0.345 e. The van der Waals surface area contributed by atoms with Gasteiger partial charge in [0, 0.05) is 25.2 Å². The molecule has 27 heavy (non-hydrogen) atoms. The molecule has 1 aliphatic rings. The molecule has 0 aliphatic carbocycles. The lowest BCUT2D eigenvalue weighted by atomic mass is 9.99. The monoisotopic (exact) mass is 364 g/mol. The average molecular weight is 364 g/mol. The van der Waals surface area contributed by atoms with Gasteiger partial charge in [-0.1, -0.05) is 61.0 Å². The number of rotatable bonds is 6. The van der Waals surface area contributed by atoms with E-state index in [0.29, 0.717) is 12.1 Å². The molecule has 1 N–H and O–H groups in total. The van der Waals surface area contributed by atoms with E-state index in [4.69, 9.17) is 0 Å². The summed E-state index contributed by atoms with van der Waals surface area (Å²) >= 11 is 0. The van der Waals surface area contributed by atoms with Crippen LogP contribution in [0.5, 0.6) is 0 Å². The number of hydrogen-bond acceptors (Lipinski definition) is 3. The van der Waals surface area contributed by atoms with Crippen molar-refractivity contribution in [3.8, 4) is 0 Å². The van der Waals surface area contributed by atoms with Crippen LogP contribution in [0.15, 0.2) is 48.5 Å². The van der Waals surface area contributed by atoms with Crippen molar-refractivity contribution < 1.29 is 9.59 Å². The molecular weight excluding hydrogens is 336 g/mol. The molecule has 1 fully saturated rings. The molecular formula is C23H28N2O2. The number of nitrogens with zero attached hydrogens (tertiary/aromatic N) is 1. The highest BCUT2D eigenvalue weighted by Gasteiger charge is 2.17. The number of Topliss-reactive ketones (excluding diaryl/α,β-unsaturated/α-hetero) is 1. The summed E-state index contributed by atoms with van der Waals surface area (Å²) in [4.78, 5) is 26.8. The van der Waals surface area contributed by atoms with Crippen molar-refractivity contribution in [2.75, 3.05) is 13.1 Å². The SMILES string of the molecule is Cc1ccc(C(=O)C(=O)NCc2ccc(CN3CCCC(C)C3)cc2)cc1. The second kappa shape index (κ2) is 8.96. The first-order valence-electron chi connectivity index (χ1n) is 9.70. The zero-order valence-electron chi connectivity index (χ0n) is 16.2. The van der Waals surface area contributed by atoms with Crippen molar-refractivity contribution in [1.29, 1.82) is 0 Å². The fraction of sp³-hybridized carbons (Fsp3) is 0.391. The number of likely N-dealkylation sites (tertiary alicyclic amines) is 1. The lowest BCUT2D eigenvalue weighted by Gasteiger charge is -2.30. The van der Waals surface area contributed by atoms with Crippen LogP contribution in [-0.4, -0.2) is 29.7 Å². The quantitative estimate of drug-likeness (QED) is 0.628. The van der Waals surface area contributed by atoms with Crippen LogP contribution < -0.4 is 5.32 Å². The molecule has 1 aliphatic heterocycles. The molecule has 4 heteroatoms. The standard InChI is InChI=1S/C23H28N2O2/c1-17-5-11-21(12-6-17)22(26)23(27)24-14-19-7-9-20(10-8-19)16-25-13-3-4-18(2)15-25/h5-12,18H,3-4,13-16H2,1-2H3,(H,24,27). The average Bonchev–Trinajstić information content (AvgIpc) is 2.67. The third kappa shape index (κ3) is 5.51. The maximum Gasteiger partial charge on any atom is 0.292 e. The number of carbonyl (C=O) groups excluding carboxylic acids is 2. The van der Waals surface area contributed by atoms with Gasteiger partial charge in [0.15, 0.2) is 0 Å². The van der Waals surface area contributed by atoms with Crippen LogP contribution in [0.4, 0.5) is 0 Å². The van der Waals surface area contributed by atoms with Gasteiger partial charge in [0.25, 0.3) is 5.91 Å². The summed E-state index contributed by atoms with van der Waals surface area (Å²) in [7, 11) is 0. The minimum absolute atomic E-state index is 0.359. The van der Waals surface area contributed by atoms with Crippen LogP contribution >= 0.6 is 0 Å². The topological polar surface area (TPSA) is 49.4 Å². The summed E-state index contributed by atoms with van der Waals surface area (Å²) in [5.74, 6) is -0.282. The van der Waals surface area contributed by atoms with Crippen LogP contribution in [0.1, 0.15) is 46.8 Å². The van der Waals surface area contributed by atoms with Gasteiger partial charge in [-0.3, -0.25) is 14.5 Å². The Hall–Kier alpha value is -2.46. The van der Waals surface area contributed by atoms with Crippen molar-refractivity contribution in [1.82, 2.24) is 10.2 Å². The van der Waals surface area contributed by atoms with Gasteiger partial charge in [0.2, 0.25) is 5.78 Å². The fourth-order valence-corrected chi connectivity index (χ4v) is 3.55. The Labute approximate surface area is 161 Å². The summed E-state index contributed by atoms with van der Waals surface area (Å²) in [5.41, 5.74) is 3.76. The van der Waals surface area contributed by atoms with E-state index in [1.165, 1.54) is 31.5 Å². The molecule has 2 aromatic rings. The van der Waals surface area contributed by atoms with E-state index in [1.54, 1.807) is 12.1 Å². The minimum atomic E-state index is -0.565. The first-order chi connectivity index (χ1) is 13.0. The molecule has 4 nitrogen and oxygen atoms in total. The number of amides is 1. The Morgan fingerprint density at radius 3 is 2.37 bits per heavy atom. The van der Waals surface area contributed by atoms with Gasteiger partial charge in [0.05, 0.1) is 0 Å². The van der Waals surface area contributed by atoms with Gasteiger partial charge in [0.1, 0.15) is 0 Å². The number of ketones is 1. The smallest absolute Gasteiger partial charge is 0.292 e. The van der Waals surface area contributed by atoms with E-state index in [0.717, 1.165) is 23.6 Å². The van der Waals surface area contributed by atoms with E-state index in [2.05, 4.69) is 29.3 Å². The van der Waals surface area contributed by atoms with Crippen LogP contribution in [0.2, 0.25) is 0 Å². The zero-order valence-corrected chi connectivity index (χ0v) is 16.2. The van der Waals surface area contributed by atoms with Crippen molar-refractivity contribution in [2.24, 2.45) is 5.92 Å². The molecule has 0 radical (unpaired) electrons. The predicted octanol–water partition coefficient (Wildman–Crippen LogP) is 3.73. The van der Waals surface area contributed by atoms with E-state index in [1.807, 2.05) is 31.2 Å². The lowest BCUT2D eigenvalue weighted by Crippen LogP contribution is -2.33. The number of nitrogens with one attached hydrogen (secondary N) is 1. The van der Waals surface area contributed by atoms with E-state index < -0.39 is 11.7 Å². The molecule has 0 aromatic heterocycles. The fourth-order valence-electron chi connectivity index (χ4n) is 3.55. The van der Waals surface area contributed by atoms with Crippen LogP contribution in [0.25, 0.3) is 0 Å². The van der Waals surface area contributed by atoms with Crippen LogP contribution in [0, 0.1) is 12.8 Å². The van der Waals surface area contributed by atoms with Crippen LogP contribution in [0.3, 0.4) is 0 Å². The highest BCUT2D eigenvalue weighted by Crippen LogP contribution is 2.18. The molecule has 0 saturated carbocycles. The Bertz CT molecular complexity index is 781. The molecule has 1 amide bonds. The lowest BCUT2D eigenvalue weighted by molar-refractivity contribution is -0.117.